The fourth-order valence-corrected chi connectivity index (χ4v) is 2.68. The first-order chi connectivity index (χ1) is 7.92. The summed E-state index contributed by atoms with van der Waals surface area (Å²) in [7, 11) is -2.51. The van der Waals surface area contributed by atoms with Crippen molar-refractivity contribution >= 4 is 26.0 Å². The van der Waals surface area contributed by atoms with Crippen LogP contribution in [0.25, 0.3) is 0 Å². The molecule has 0 saturated heterocycles. The number of ether oxygens (including phenoxy) is 1. The van der Waals surface area contributed by atoms with Crippen LogP contribution in [0.3, 0.4) is 0 Å². The molecule has 8 heteroatoms. The van der Waals surface area contributed by atoms with E-state index in [1.165, 1.54) is 13.2 Å². The third kappa shape index (κ3) is 3.38. The van der Waals surface area contributed by atoms with Crippen LogP contribution >= 0.6 is 15.9 Å². The molecule has 96 valence electrons. The number of halogens is 2. The number of hydrogen-bond acceptors (Lipinski definition) is 4. The van der Waals surface area contributed by atoms with Crippen molar-refractivity contribution in [2.75, 3.05) is 20.2 Å². The summed E-state index contributed by atoms with van der Waals surface area (Å²) in [5.74, 6) is -0.623. The molecular formula is C9H12BrFN2O3S. The van der Waals surface area contributed by atoms with Crippen molar-refractivity contribution in [3.05, 3.63) is 22.4 Å². The highest BCUT2D eigenvalue weighted by molar-refractivity contribution is 9.10. The summed E-state index contributed by atoms with van der Waals surface area (Å²) in [5.41, 5.74) is 5.20. The first-order valence-electron chi connectivity index (χ1n) is 4.65. The van der Waals surface area contributed by atoms with Gasteiger partial charge in [0.15, 0.2) is 0 Å². The number of nitrogens with one attached hydrogen (secondary N) is 1. The fraction of sp³-hybridized carbons (Fsp3) is 0.333. The molecule has 0 aliphatic rings. The van der Waals surface area contributed by atoms with Crippen LogP contribution < -0.4 is 15.2 Å². The fourth-order valence-electron chi connectivity index (χ4n) is 1.15. The minimum atomic E-state index is -3.82. The first kappa shape index (κ1) is 14.4. The lowest BCUT2D eigenvalue weighted by Gasteiger charge is -2.11. The van der Waals surface area contributed by atoms with E-state index in [1.54, 1.807) is 0 Å². The summed E-state index contributed by atoms with van der Waals surface area (Å²) in [5, 5.41) is 0. The molecule has 1 aromatic carbocycles. The van der Waals surface area contributed by atoms with Crippen LogP contribution in [0.2, 0.25) is 0 Å². The quantitative estimate of drug-likeness (QED) is 0.839. The predicted molar refractivity (Wildman–Crippen MR) is 64.9 cm³/mol. The van der Waals surface area contributed by atoms with E-state index in [4.69, 9.17) is 10.5 Å². The van der Waals surface area contributed by atoms with Gasteiger partial charge in [0.2, 0.25) is 10.0 Å². The van der Waals surface area contributed by atoms with E-state index in [-0.39, 0.29) is 28.2 Å². The van der Waals surface area contributed by atoms with Crippen molar-refractivity contribution in [1.29, 1.82) is 0 Å². The van der Waals surface area contributed by atoms with Gasteiger partial charge in [-0.15, -0.1) is 0 Å². The predicted octanol–water partition coefficient (Wildman–Crippen LogP) is 0.834. The highest BCUT2D eigenvalue weighted by Crippen LogP contribution is 2.29. The van der Waals surface area contributed by atoms with Gasteiger partial charge in [-0.1, -0.05) is 0 Å². The van der Waals surface area contributed by atoms with Gasteiger partial charge in [0.05, 0.1) is 11.6 Å². The molecule has 0 aromatic heterocycles. The molecule has 0 radical (unpaired) electrons. The minimum Gasteiger partial charge on any atom is -0.495 e. The lowest BCUT2D eigenvalue weighted by atomic mass is 10.3. The monoisotopic (exact) mass is 326 g/mol. The van der Waals surface area contributed by atoms with E-state index in [0.29, 0.717) is 0 Å². The van der Waals surface area contributed by atoms with E-state index >= 15 is 0 Å². The number of benzene rings is 1. The van der Waals surface area contributed by atoms with Crippen LogP contribution in [-0.2, 0) is 10.0 Å². The molecule has 0 aliphatic carbocycles. The smallest absolute Gasteiger partial charge is 0.244 e. The molecule has 0 atom stereocenters. The van der Waals surface area contributed by atoms with Crippen molar-refractivity contribution in [2.45, 2.75) is 4.90 Å². The molecule has 0 aliphatic heterocycles. The van der Waals surface area contributed by atoms with E-state index in [1.807, 2.05) is 0 Å². The molecular weight excluding hydrogens is 315 g/mol. The normalized spacial score (nSPS) is 11.5. The van der Waals surface area contributed by atoms with Gasteiger partial charge in [-0.05, 0) is 28.1 Å². The largest absolute Gasteiger partial charge is 0.495 e. The van der Waals surface area contributed by atoms with Crippen molar-refractivity contribution in [3.8, 4) is 5.75 Å². The SMILES string of the molecule is COc1cc(Br)c(F)cc1S(=O)(=O)NCCN. The highest BCUT2D eigenvalue weighted by Gasteiger charge is 2.21. The van der Waals surface area contributed by atoms with Crippen LogP contribution in [0.4, 0.5) is 4.39 Å². The molecule has 1 rings (SSSR count). The van der Waals surface area contributed by atoms with Gasteiger partial charge in [0.1, 0.15) is 16.5 Å². The summed E-state index contributed by atoms with van der Waals surface area (Å²) in [6.07, 6.45) is 0. The van der Waals surface area contributed by atoms with Gasteiger partial charge in [0.25, 0.3) is 0 Å². The van der Waals surface area contributed by atoms with Crippen LogP contribution in [0.5, 0.6) is 5.75 Å². The van der Waals surface area contributed by atoms with Gasteiger partial charge in [-0.25, -0.2) is 17.5 Å². The Hall–Kier alpha value is -0.700. The Morgan fingerprint density at radius 2 is 2.18 bits per heavy atom. The number of nitrogens with two attached hydrogens (primary N) is 1. The summed E-state index contributed by atoms with van der Waals surface area (Å²) < 4.78 is 44.2. The van der Waals surface area contributed by atoms with Crippen molar-refractivity contribution in [2.24, 2.45) is 5.73 Å². The average Bonchev–Trinajstić information content (AvgIpc) is 2.29. The summed E-state index contributed by atoms with van der Waals surface area (Å²) in [6.45, 7) is 0.226. The maximum Gasteiger partial charge on any atom is 0.244 e. The van der Waals surface area contributed by atoms with Gasteiger partial charge < -0.3 is 10.5 Å². The number of sulfonamides is 1. The molecule has 0 amide bonds. The molecule has 5 nitrogen and oxygen atoms in total. The summed E-state index contributed by atoms with van der Waals surface area (Å²) in [4.78, 5) is -0.255. The first-order valence-corrected chi connectivity index (χ1v) is 6.92. The molecule has 1 aromatic rings. The lowest BCUT2D eigenvalue weighted by Crippen LogP contribution is -2.29. The second-order valence-corrected chi connectivity index (χ2v) is 5.69. The minimum absolute atomic E-state index is 0.0581. The molecule has 0 bridgehead atoms. The van der Waals surface area contributed by atoms with Crippen molar-refractivity contribution < 1.29 is 17.5 Å². The van der Waals surface area contributed by atoms with Crippen LogP contribution in [0.1, 0.15) is 0 Å². The third-order valence-corrected chi connectivity index (χ3v) is 4.02. The lowest BCUT2D eigenvalue weighted by molar-refractivity contribution is 0.400. The zero-order valence-corrected chi connectivity index (χ0v) is 11.4. The van der Waals surface area contributed by atoms with Crippen LogP contribution in [0, 0.1) is 5.82 Å². The Morgan fingerprint density at radius 3 is 2.71 bits per heavy atom. The molecule has 0 fully saturated rings. The van der Waals surface area contributed by atoms with E-state index in [2.05, 4.69) is 20.7 Å². The van der Waals surface area contributed by atoms with Gasteiger partial charge in [0, 0.05) is 13.1 Å². The Bertz CT molecular complexity index is 507. The number of rotatable bonds is 5. The van der Waals surface area contributed by atoms with Gasteiger partial charge in [-0.2, -0.15) is 0 Å². The van der Waals surface area contributed by atoms with Gasteiger partial charge in [-0.3, -0.25) is 0 Å². The zero-order valence-electron chi connectivity index (χ0n) is 9.04. The van der Waals surface area contributed by atoms with Gasteiger partial charge >= 0.3 is 0 Å². The Kier molecular flexibility index (Phi) is 4.87. The maximum atomic E-state index is 13.3. The molecule has 0 unspecified atom stereocenters. The zero-order chi connectivity index (χ0) is 13.1. The molecule has 0 saturated carbocycles. The number of hydrogen-bond donors (Lipinski definition) is 2. The topological polar surface area (TPSA) is 81.4 Å². The van der Waals surface area contributed by atoms with E-state index in [0.717, 1.165) is 6.07 Å². The molecule has 17 heavy (non-hydrogen) atoms. The second kappa shape index (κ2) is 5.76. The third-order valence-electron chi connectivity index (χ3n) is 1.93. The van der Waals surface area contributed by atoms with Crippen LogP contribution in [-0.4, -0.2) is 28.6 Å². The Labute approximate surface area is 107 Å². The number of methoxy groups -OCH3 is 1. The van der Waals surface area contributed by atoms with E-state index in [9.17, 15) is 12.8 Å². The molecule has 0 heterocycles. The highest BCUT2D eigenvalue weighted by atomic mass is 79.9. The van der Waals surface area contributed by atoms with Crippen molar-refractivity contribution in [3.63, 3.8) is 0 Å². The summed E-state index contributed by atoms with van der Waals surface area (Å²) in [6, 6.07) is 2.15. The summed E-state index contributed by atoms with van der Waals surface area (Å²) >= 11 is 2.95. The van der Waals surface area contributed by atoms with Crippen LogP contribution in [0.15, 0.2) is 21.5 Å². The second-order valence-electron chi connectivity index (χ2n) is 3.10. The molecule has 3 N–H and O–H groups in total. The molecule has 0 spiro atoms. The Morgan fingerprint density at radius 1 is 1.53 bits per heavy atom. The maximum absolute atomic E-state index is 13.3. The van der Waals surface area contributed by atoms with Crippen molar-refractivity contribution in [1.82, 2.24) is 4.72 Å². The average molecular weight is 327 g/mol. The Balaban J connectivity index is 3.25. The standard InChI is InChI=1S/C9H12BrFN2O3S/c1-16-8-4-6(10)7(11)5-9(8)17(14,15)13-3-2-12/h4-5,13H,2-3,12H2,1H3. The van der Waals surface area contributed by atoms with E-state index < -0.39 is 15.8 Å².